The number of rotatable bonds is 6. The molecule has 0 aromatic heterocycles. The Morgan fingerprint density at radius 1 is 1.32 bits per heavy atom. The number of carbonyl (C=O) groups is 1. The summed E-state index contributed by atoms with van der Waals surface area (Å²) in [5.74, 6) is -2.32. The lowest BCUT2D eigenvalue weighted by Gasteiger charge is -2.18. The van der Waals surface area contributed by atoms with Gasteiger partial charge < -0.3 is 14.7 Å². The van der Waals surface area contributed by atoms with Gasteiger partial charge in [0.05, 0.1) is 30.1 Å². The van der Waals surface area contributed by atoms with E-state index in [9.17, 15) is 13.2 Å². The van der Waals surface area contributed by atoms with E-state index in [2.05, 4.69) is 5.16 Å². The number of sulfonamides is 1. The Hall–Kier alpha value is -2.98. The van der Waals surface area contributed by atoms with Gasteiger partial charge in [-0.1, -0.05) is 23.4 Å². The summed E-state index contributed by atoms with van der Waals surface area (Å²) < 4.78 is 43.1. The van der Waals surface area contributed by atoms with Crippen molar-refractivity contribution in [3.05, 3.63) is 47.8 Å². The van der Waals surface area contributed by atoms with Crippen LogP contribution in [0, 0.1) is 5.82 Å². The second kappa shape index (κ2) is 7.56. The SMILES string of the molecule is COc1ccc(C2CON=C2CC(=O)O)c(-c2ccc(S(N)(=O)=O)cc2)c1F. The van der Waals surface area contributed by atoms with Crippen LogP contribution in [0.3, 0.4) is 0 Å². The summed E-state index contributed by atoms with van der Waals surface area (Å²) in [6.45, 7) is 0.0661. The van der Waals surface area contributed by atoms with Crippen molar-refractivity contribution < 1.29 is 32.3 Å². The van der Waals surface area contributed by atoms with Crippen molar-refractivity contribution in [1.29, 1.82) is 0 Å². The molecule has 2 aromatic rings. The van der Waals surface area contributed by atoms with Crippen LogP contribution in [0.15, 0.2) is 46.4 Å². The molecule has 8 nitrogen and oxygen atoms in total. The zero-order valence-electron chi connectivity index (χ0n) is 14.8. The Labute approximate surface area is 160 Å². The van der Waals surface area contributed by atoms with E-state index in [1.807, 2.05) is 0 Å². The highest BCUT2D eigenvalue weighted by Gasteiger charge is 2.31. The fourth-order valence-corrected chi connectivity index (χ4v) is 3.57. The van der Waals surface area contributed by atoms with Crippen LogP contribution in [0.1, 0.15) is 17.9 Å². The van der Waals surface area contributed by atoms with Crippen molar-refractivity contribution >= 4 is 21.7 Å². The summed E-state index contributed by atoms with van der Waals surface area (Å²) in [6.07, 6.45) is -0.345. The summed E-state index contributed by atoms with van der Waals surface area (Å²) >= 11 is 0. The van der Waals surface area contributed by atoms with Gasteiger partial charge in [0.25, 0.3) is 0 Å². The van der Waals surface area contributed by atoms with Crippen LogP contribution >= 0.6 is 0 Å². The standard InChI is InChI=1S/C18H17FN2O6S/c1-26-15-7-6-12(13-9-27-21-14(13)8-16(22)23)17(18(15)19)10-2-4-11(5-3-10)28(20,24)25/h2-7,13H,8-9H2,1H3,(H,22,23)(H2,20,24,25). The lowest BCUT2D eigenvalue weighted by atomic mass is 9.86. The number of primary sulfonamides is 1. The Morgan fingerprint density at radius 2 is 2.00 bits per heavy atom. The van der Waals surface area contributed by atoms with Crippen molar-refractivity contribution in [2.75, 3.05) is 13.7 Å². The van der Waals surface area contributed by atoms with Crippen LogP contribution in [0.25, 0.3) is 11.1 Å². The van der Waals surface area contributed by atoms with Crippen LogP contribution in [0.4, 0.5) is 4.39 Å². The Kier molecular flexibility index (Phi) is 5.34. The van der Waals surface area contributed by atoms with Gasteiger partial charge in [-0.05, 0) is 29.3 Å². The Bertz CT molecular complexity index is 1050. The average Bonchev–Trinajstić information content (AvgIpc) is 3.08. The molecule has 1 atom stereocenters. The molecule has 0 amide bonds. The Morgan fingerprint density at radius 3 is 2.57 bits per heavy atom. The third-order valence-electron chi connectivity index (χ3n) is 4.36. The number of hydrogen-bond acceptors (Lipinski definition) is 6. The number of carboxylic acids is 1. The molecule has 1 aliphatic heterocycles. The van der Waals surface area contributed by atoms with Crippen LogP contribution < -0.4 is 9.88 Å². The summed E-state index contributed by atoms with van der Waals surface area (Å²) in [5, 5.41) is 17.9. The van der Waals surface area contributed by atoms with Gasteiger partial charge in [0.15, 0.2) is 11.6 Å². The molecule has 28 heavy (non-hydrogen) atoms. The van der Waals surface area contributed by atoms with Gasteiger partial charge in [-0.25, -0.2) is 17.9 Å². The molecule has 0 fully saturated rings. The fraction of sp³-hybridized carbons (Fsp3) is 0.222. The van der Waals surface area contributed by atoms with Crippen molar-refractivity contribution in [3.8, 4) is 16.9 Å². The molecule has 0 saturated heterocycles. The first-order valence-corrected chi connectivity index (χ1v) is 9.67. The predicted molar refractivity (Wildman–Crippen MR) is 98.1 cm³/mol. The van der Waals surface area contributed by atoms with Crippen LogP contribution in [0.2, 0.25) is 0 Å². The van der Waals surface area contributed by atoms with Gasteiger partial charge in [-0.15, -0.1) is 0 Å². The van der Waals surface area contributed by atoms with Gasteiger partial charge in [0.1, 0.15) is 6.61 Å². The second-order valence-corrected chi connectivity index (χ2v) is 7.68. The number of nitrogens with zero attached hydrogens (tertiary/aromatic N) is 1. The van der Waals surface area contributed by atoms with E-state index in [1.165, 1.54) is 37.4 Å². The number of benzene rings is 2. The third-order valence-corrected chi connectivity index (χ3v) is 5.29. The number of nitrogens with two attached hydrogens (primary N) is 1. The fourth-order valence-electron chi connectivity index (χ4n) is 3.06. The van der Waals surface area contributed by atoms with E-state index in [1.54, 1.807) is 6.07 Å². The summed E-state index contributed by atoms with van der Waals surface area (Å²) in [7, 11) is -2.57. The molecular weight excluding hydrogens is 391 g/mol. The number of oxime groups is 1. The zero-order chi connectivity index (χ0) is 20.5. The normalized spacial score (nSPS) is 16.4. The van der Waals surface area contributed by atoms with Crippen molar-refractivity contribution in [1.82, 2.24) is 0 Å². The Balaban J connectivity index is 2.14. The third kappa shape index (κ3) is 3.82. The van der Waals surface area contributed by atoms with E-state index in [-0.39, 0.29) is 34.9 Å². The predicted octanol–water partition coefficient (Wildman–Crippen LogP) is 2.09. The second-order valence-electron chi connectivity index (χ2n) is 6.12. The summed E-state index contributed by atoms with van der Waals surface area (Å²) in [5.41, 5.74) is 1.24. The van der Waals surface area contributed by atoms with E-state index in [0.29, 0.717) is 11.1 Å². The first kappa shape index (κ1) is 19.8. The molecule has 0 saturated carbocycles. The molecule has 1 unspecified atom stereocenters. The molecule has 3 rings (SSSR count). The van der Waals surface area contributed by atoms with Crippen molar-refractivity contribution in [2.24, 2.45) is 10.3 Å². The monoisotopic (exact) mass is 408 g/mol. The highest BCUT2D eigenvalue weighted by Crippen LogP contribution is 2.39. The van der Waals surface area contributed by atoms with Crippen LogP contribution in [-0.2, 0) is 19.7 Å². The zero-order valence-corrected chi connectivity index (χ0v) is 15.6. The van der Waals surface area contributed by atoms with Gasteiger partial charge in [-0.3, -0.25) is 4.79 Å². The maximum atomic E-state index is 15.1. The lowest BCUT2D eigenvalue weighted by molar-refractivity contribution is -0.135. The van der Waals surface area contributed by atoms with E-state index in [0.717, 1.165) is 0 Å². The number of methoxy groups -OCH3 is 1. The summed E-state index contributed by atoms with van der Waals surface area (Å²) in [6, 6.07) is 8.43. The van der Waals surface area contributed by atoms with E-state index >= 15 is 4.39 Å². The number of hydrogen-bond donors (Lipinski definition) is 2. The molecule has 1 aliphatic rings. The maximum absolute atomic E-state index is 15.1. The molecule has 0 aliphatic carbocycles. The molecule has 148 valence electrons. The van der Waals surface area contributed by atoms with E-state index in [4.69, 9.17) is 19.8 Å². The minimum absolute atomic E-state index is 0.00934. The molecule has 10 heteroatoms. The average molecular weight is 408 g/mol. The van der Waals surface area contributed by atoms with Crippen LogP contribution in [-0.4, -0.2) is 38.9 Å². The highest BCUT2D eigenvalue weighted by molar-refractivity contribution is 7.89. The molecule has 3 N–H and O–H groups in total. The molecule has 2 aromatic carbocycles. The quantitative estimate of drug-likeness (QED) is 0.753. The number of aliphatic carboxylic acids is 1. The number of halogens is 1. The maximum Gasteiger partial charge on any atom is 0.309 e. The van der Waals surface area contributed by atoms with E-state index < -0.39 is 27.7 Å². The minimum atomic E-state index is -3.90. The molecular formula is C18H17FN2O6S. The largest absolute Gasteiger partial charge is 0.494 e. The highest BCUT2D eigenvalue weighted by atomic mass is 32.2. The number of carboxylic acid groups (broad SMARTS) is 1. The van der Waals surface area contributed by atoms with Crippen LogP contribution in [0.5, 0.6) is 5.75 Å². The smallest absolute Gasteiger partial charge is 0.309 e. The molecule has 0 bridgehead atoms. The van der Waals surface area contributed by atoms with Crippen molar-refractivity contribution in [3.63, 3.8) is 0 Å². The van der Waals surface area contributed by atoms with Crippen molar-refractivity contribution in [2.45, 2.75) is 17.2 Å². The molecule has 0 radical (unpaired) electrons. The topological polar surface area (TPSA) is 128 Å². The minimum Gasteiger partial charge on any atom is -0.494 e. The van der Waals surface area contributed by atoms with Gasteiger partial charge >= 0.3 is 5.97 Å². The molecule has 1 heterocycles. The lowest BCUT2D eigenvalue weighted by Crippen LogP contribution is -2.17. The summed E-state index contributed by atoms with van der Waals surface area (Å²) in [4.78, 5) is 16.0. The molecule has 0 spiro atoms. The first-order valence-electron chi connectivity index (χ1n) is 8.12. The first-order chi connectivity index (χ1) is 13.2. The number of ether oxygens (including phenoxy) is 1. The van der Waals surface area contributed by atoms with Gasteiger partial charge in [-0.2, -0.15) is 0 Å². The van der Waals surface area contributed by atoms with Gasteiger partial charge in [0, 0.05) is 5.56 Å². The van der Waals surface area contributed by atoms with Gasteiger partial charge in [0.2, 0.25) is 10.0 Å².